The molecule has 2 atom stereocenters. The van der Waals surface area contributed by atoms with Crippen molar-refractivity contribution in [1.29, 1.82) is 0 Å². The molecule has 1 fully saturated rings. The van der Waals surface area contributed by atoms with Gasteiger partial charge in [-0.2, -0.15) is 0 Å². The van der Waals surface area contributed by atoms with Crippen LogP contribution in [0.2, 0.25) is 0 Å². The summed E-state index contributed by atoms with van der Waals surface area (Å²) < 4.78 is 4.74. The van der Waals surface area contributed by atoms with Crippen molar-refractivity contribution in [2.75, 3.05) is 33.3 Å². The van der Waals surface area contributed by atoms with Crippen molar-refractivity contribution in [1.82, 2.24) is 9.80 Å². The Morgan fingerprint density at radius 2 is 1.59 bits per heavy atom. The second-order valence-electron chi connectivity index (χ2n) is 4.35. The molecule has 2 unspecified atom stereocenters. The van der Waals surface area contributed by atoms with Crippen LogP contribution in [0.3, 0.4) is 0 Å². The van der Waals surface area contributed by atoms with Crippen LogP contribution < -0.4 is 5.73 Å². The molecular weight excluding hydrogens is 238 g/mol. The Morgan fingerprint density at radius 1 is 1.18 bits per heavy atom. The molecule has 2 N–H and O–H groups in total. The number of thiocarbonyl (C=S) groups is 1. The molecule has 1 aliphatic heterocycles. The Balaban J connectivity index is 2.45. The summed E-state index contributed by atoms with van der Waals surface area (Å²) in [5.41, 5.74) is 5.63. The molecule has 1 aliphatic rings. The van der Waals surface area contributed by atoms with Crippen molar-refractivity contribution in [3.05, 3.63) is 0 Å². The summed E-state index contributed by atoms with van der Waals surface area (Å²) in [6.07, 6.45) is 0. The fourth-order valence-corrected chi connectivity index (χ4v) is 2.16. The Bertz CT molecular complexity index is 290. The smallest absolute Gasteiger partial charge is 0.322 e. The van der Waals surface area contributed by atoms with Gasteiger partial charge in [-0.3, -0.25) is 14.6 Å². The van der Waals surface area contributed by atoms with Crippen LogP contribution in [0.15, 0.2) is 0 Å². The molecule has 0 aromatic carbocycles. The maximum Gasteiger partial charge on any atom is 0.322 e. The highest BCUT2D eigenvalue weighted by molar-refractivity contribution is 7.80. The number of hydrogen-bond acceptors (Lipinski definition) is 5. The van der Waals surface area contributed by atoms with Gasteiger partial charge < -0.3 is 10.5 Å². The van der Waals surface area contributed by atoms with Crippen LogP contribution >= 0.6 is 12.2 Å². The monoisotopic (exact) mass is 259 g/mol. The van der Waals surface area contributed by atoms with Crippen LogP contribution in [-0.4, -0.2) is 66.1 Å². The summed E-state index contributed by atoms with van der Waals surface area (Å²) in [5, 5.41) is 0. The Labute approximate surface area is 108 Å². The summed E-state index contributed by atoms with van der Waals surface area (Å²) >= 11 is 4.99. The average molecular weight is 259 g/mol. The number of methoxy groups -OCH3 is 1. The first-order valence-corrected chi connectivity index (χ1v) is 6.23. The van der Waals surface area contributed by atoms with E-state index in [0.29, 0.717) is 4.99 Å². The highest BCUT2D eigenvalue weighted by atomic mass is 32.1. The van der Waals surface area contributed by atoms with Gasteiger partial charge in [-0.15, -0.1) is 0 Å². The molecule has 1 saturated heterocycles. The minimum atomic E-state index is -0.180. The quantitative estimate of drug-likeness (QED) is 0.559. The largest absolute Gasteiger partial charge is 0.468 e. The highest BCUT2D eigenvalue weighted by Crippen LogP contribution is 2.10. The molecule has 17 heavy (non-hydrogen) atoms. The van der Waals surface area contributed by atoms with Gasteiger partial charge in [-0.25, -0.2) is 0 Å². The Morgan fingerprint density at radius 3 is 1.94 bits per heavy atom. The second kappa shape index (κ2) is 6.28. The number of nitrogens with two attached hydrogens (primary N) is 1. The van der Waals surface area contributed by atoms with Gasteiger partial charge >= 0.3 is 5.97 Å². The maximum atomic E-state index is 11.4. The van der Waals surface area contributed by atoms with Crippen molar-refractivity contribution in [2.45, 2.75) is 25.9 Å². The minimum absolute atomic E-state index is 0.126. The molecule has 6 heteroatoms. The number of ether oxygens (including phenoxy) is 1. The summed E-state index contributed by atoms with van der Waals surface area (Å²) in [7, 11) is 1.42. The lowest BCUT2D eigenvalue weighted by atomic mass is 10.2. The topological polar surface area (TPSA) is 58.8 Å². The molecule has 0 amide bonds. The van der Waals surface area contributed by atoms with Crippen molar-refractivity contribution in [3.8, 4) is 0 Å². The first-order valence-electron chi connectivity index (χ1n) is 5.82. The normalized spacial score (nSPS) is 21.8. The van der Waals surface area contributed by atoms with Crippen LogP contribution in [0.1, 0.15) is 13.8 Å². The third kappa shape index (κ3) is 3.62. The molecule has 0 aromatic heterocycles. The predicted molar refractivity (Wildman–Crippen MR) is 70.9 cm³/mol. The predicted octanol–water partition coefficient (Wildman–Crippen LogP) is -0.160. The van der Waals surface area contributed by atoms with Gasteiger partial charge in [0, 0.05) is 26.2 Å². The lowest BCUT2D eigenvalue weighted by Crippen LogP contribution is -2.55. The van der Waals surface area contributed by atoms with Crippen LogP contribution in [0.25, 0.3) is 0 Å². The number of esters is 1. The summed E-state index contributed by atoms with van der Waals surface area (Å²) in [5.74, 6) is -0.180. The molecule has 98 valence electrons. The summed E-state index contributed by atoms with van der Waals surface area (Å²) in [4.78, 5) is 16.3. The minimum Gasteiger partial charge on any atom is -0.468 e. The van der Waals surface area contributed by atoms with Gasteiger partial charge in [0.15, 0.2) is 0 Å². The number of carbonyl (C=O) groups is 1. The van der Waals surface area contributed by atoms with E-state index < -0.39 is 0 Å². The third-order valence-corrected chi connectivity index (χ3v) is 3.74. The number of rotatable bonds is 4. The summed E-state index contributed by atoms with van der Waals surface area (Å²) in [6.45, 7) is 7.31. The van der Waals surface area contributed by atoms with Crippen molar-refractivity contribution >= 4 is 23.2 Å². The first kappa shape index (κ1) is 14.3. The zero-order valence-corrected chi connectivity index (χ0v) is 11.5. The first-order chi connectivity index (χ1) is 7.97. The number of carbonyl (C=O) groups excluding carboxylic acids is 1. The van der Waals surface area contributed by atoms with Crippen LogP contribution in [0, 0.1) is 0 Å². The van der Waals surface area contributed by atoms with Crippen LogP contribution in [0.4, 0.5) is 0 Å². The maximum absolute atomic E-state index is 11.4. The third-order valence-electron chi connectivity index (χ3n) is 3.40. The molecule has 0 bridgehead atoms. The zero-order valence-electron chi connectivity index (χ0n) is 10.7. The van der Waals surface area contributed by atoms with Gasteiger partial charge in [0.2, 0.25) is 0 Å². The lowest BCUT2D eigenvalue weighted by Gasteiger charge is -2.39. The van der Waals surface area contributed by atoms with Gasteiger partial charge in [-0.05, 0) is 13.8 Å². The van der Waals surface area contributed by atoms with E-state index in [1.807, 2.05) is 13.8 Å². The van der Waals surface area contributed by atoms with Gasteiger partial charge in [-0.1, -0.05) is 12.2 Å². The van der Waals surface area contributed by atoms with Crippen molar-refractivity contribution < 1.29 is 9.53 Å². The molecule has 0 radical (unpaired) electrons. The van der Waals surface area contributed by atoms with E-state index in [0.717, 1.165) is 26.2 Å². The number of nitrogens with zero attached hydrogens (tertiary/aromatic N) is 2. The van der Waals surface area contributed by atoms with Crippen LogP contribution in [-0.2, 0) is 9.53 Å². The number of piperazine rings is 1. The molecule has 0 spiro atoms. The average Bonchev–Trinajstić information content (AvgIpc) is 2.36. The van der Waals surface area contributed by atoms with Crippen LogP contribution in [0.5, 0.6) is 0 Å². The fourth-order valence-electron chi connectivity index (χ4n) is 2.01. The number of hydrogen-bond donors (Lipinski definition) is 1. The van der Waals surface area contributed by atoms with E-state index in [1.165, 1.54) is 7.11 Å². The van der Waals surface area contributed by atoms with Gasteiger partial charge in [0.1, 0.15) is 6.04 Å². The molecule has 0 saturated carbocycles. The molecule has 0 aliphatic carbocycles. The molecule has 5 nitrogen and oxygen atoms in total. The van der Waals surface area contributed by atoms with E-state index in [2.05, 4.69) is 9.80 Å². The van der Waals surface area contributed by atoms with E-state index >= 15 is 0 Å². The van der Waals surface area contributed by atoms with Gasteiger partial charge in [0.25, 0.3) is 0 Å². The van der Waals surface area contributed by atoms with E-state index in [1.54, 1.807) is 0 Å². The Hall–Kier alpha value is -0.720. The van der Waals surface area contributed by atoms with Gasteiger partial charge in [0.05, 0.1) is 18.1 Å². The standard InChI is InChI=1S/C11H21N3O2S/c1-8(10(12)17)13-4-6-14(7-5-13)9(2)11(15)16-3/h8-9H,4-7H2,1-3H3,(H2,12,17). The summed E-state index contributed by atoms with van der Waals surface area (Å²) in [6, 6.07) is -0.0529. The Kier molecular flexibility index (Phi) is 5.30. The molecule has 1 heterocycles. The zero-order chi connectivity index (χ0) is 13.0. The second-order valence-corrected chi connectivity index (χ2v) is 4.82. The van der Waals surface area contributed by atoms with E-state index in [4.69, 9.17) is 22.7 Å². The fraction of sp³-hybridized carbons (Fsp3) is 0.818. The van der Waals surface area contributed by atoms with E-state index in [9.17, 15) is 4.79 Å². The SMILES string of the molecule is COC(=O)C(C)N1CCN(C(C)C(N)=S)CC1. The highest BCUT2D eigenvalue weighted by Gasteiger charge is 2.28. The molecular formula is C11H21N3O2S. The molecule has 0 aromatic rings. The van der Waals surface area contributed by atoms with E-state index in [-0.39, 0.29) is 18.1 Å². The van der Waals surface area contributed by atoms with Crippen molar-refractivity contribution in [2.24, 2.45) is 5.73 Å². The molecule has 1 rings (SSSR count). The van der Waals surface area contributed by atoms with Crippen molar-refractivity contribution in [3.63, 3.8) is 0 Å². The lowest BCUT2D eigenvalue weighted by molar-refractivity contribution is -0.147.